The fourth-order valence-corrected chi connectivity index (χ4v) is 2.93. The van der Waals surface area contributed by atoms with Crippen molar-refractivity contribution in [2.24, 2.45) is 0 Å². The maximum atomic E-state index is 12.6. The molecule has 8 nitrogen and oxygen atoms in total. The number of ether oxygens (including phenoxy) is 2. The summed E-state index contributed by atoms with van der Waals surface area (Å²) in [4.78, 5) is 23.0. The number of nitro groups is 1. The van der Waals surface area contributed by atoms with E-state index >= 15 is 0 Å². The van der Waals surface area contributed by atoms with Gasteiger partial charge in [-0.3, -0.25) is 14.9 Å². The number of hydrogen-bond donors (Lipinski definition) is 1. The van der Waals surface area contributed by atoms with E-state index in [1.165, 1.54) is 0 Å². The van der Waals surface area contributed by atoms with Crippen LogP contribution in [0.2, 0.25) is 0 Å². The summed E-state index contributed by atoms with van der Waals surface area (Å²) in [5.74, 6) is -1.66. The van der Waals surface area contributed by atoms with E-state index in [2.05, 4.69) is 16.1 Å². The van der Waals surface area contributed by atoms with Crippen molar-refractivity contribution in [2.75, 3.05) is 7.11 Å². The van der Waals surface area contributed by atoms with Gasteiger partial charge in [0.15, 0.2) is 11.5 Å². The van der Waals surface area contributed by atoms with Crippen LogP contribution >= 0.6 is 0 Å². The van der Waals surface area contributed by atoms with E-state index in [-0.39, 0.29) is 5.75 Å². The lowest BCUT2D eigenvalue weighted by atomic mass is 9.82. The van der Waals surface area contributed by atoms with Gasteiger partial charge in [0.2, 0.25) is 0 Å². The predicted molar refractivity (Wildman–Crippen MR) is 85.2 cm³/mol. The van der Waals surface area contributed by atoms with Crippen LogP contribution in [0.5, 0.6) is 11.5 Å². The molecule has 1 fully saturated rings. The van der Waals surface area contributed by atoms with Crippen molar-refractivity contribution < 1.29 is 28.0 Å². The molecule has 1 aliphatic rings. The first-order valence-electron chi connectivity index (χ1n) is 7.87. The number of benzene rings is 1. The van der Waals surface area contributed by atoms with Crippen molar-refractivity contribution in [2.45, 2.75) is 44.3 Å². The Kier molecular flexibility index (Phi) is 5.92. The van der Waals surface area contributed by atoms with Crippen LogP contribution in [0.15, 0.2) is 12.1 Å². The van der Waals surface area contributed by atoms with Crippen LogP contribution < -0.4 is 14.8 Å². The molecule has 1 aromatic rings. The van der Waals surface area contributed by atoms with Crippen LogP contribution in [0.1, 0.15) is 42.5 Å². The summed E-state index contributed by atoms with van der Waals surface area (Å²) in [5, 5.41) is 23.3. The van der Waals surface area contributed by atoms with Gasteiger partial charge in [0.1, 0.15) is 11.1 Å². The molecule has 0 radical (unpaired) electrons. The van der Waals surface area contributed by atoms with Crippen molar-refractivity contribution in [3.63, 3.8) is 0 Å². The Morgan fingerprint density at radius 1 is 1.35 bits per heavy atom. The number of amides is 1. The molecule has 1 N–H and O–H groups in total. The number of carbonyl (C=O) groups excluding carboxylic acids is 1. The van der Waals surface area contributed by atoms with E-state index in [0.29, 0.717) is 18.9 Å². The molecule has 1 saturated carbocycles. The summed E-state index contributed by atoms with van der Waals surface area (Å²) >= 11 is 0. The average Bonchev–Trinajstić information content (AvgIpc) is 2.61. The van der Waals surface area contributed by atoms with E-state index < -0.39 is 40.0 Å². The van der Waals surface area contributed by atoms with Crippen molar-refractivity contribution in [1.29, 1.82) is 5.26 Å². The van der Waals surface area contributed by atoms with Gasteiger partial charge >= 0.3 is 6.61 Å². The first kappa shape index (κ1) is 19.4. The summed E-state index contributed by atoms with van der Waals surface area (Å²) in [6.45, 7) is -3.22. The second-order valence-electron chi connectivity index (χ2n) is 5.86. The van der Waals surface area contributed by atoms with Gasteiger partial charge in [-0.1, -0.05) is 19.3 Å². The summed E-state index contributed by atoms with van der Waals surface area (Å²) in [6, 6.07) is 3.74. The molecule has 0 atom stereocenters. The van der Waals surface area contributed by atoms with E-state index in [0.717, 1.165) is 32.4 Å². The van der Waals surface area contributed by atoms with Gasteiger partial charge in [0, 0.05) is 6.07 Å². The zero-order chi connectivity index (χ0) is 19.3. The number of halogens is 2. The normalized spacial score (nSPS) is 15.8. The van der Waals surface area contributed by atoms with Crippen LogP contribution in [0.25, 0.3) is 0 Å². The highest BCUT2D eigenvalue weighted by Gasteiger charge is 2.36. The van der Waals surface area contributed by atoms with Gasteiger partial charge in [-0.15, -0.1) is 0 Å². The molecule has 26 heavy (non-hydrogen) atoms. The highest BCUT2D eigenvalue weighted by atomic mass is 19.3. The minimum atomic E-state index is -3.22. The monoisotopic (exact) mass is 369 g/mol. The Morgan fingerprint density at radius 2 is 2.00 bits per heavy atom. The lowest BCUT2D eigenvalue weighted by molar-refractivity contribution is -0.385. The van der Waals surface area contributed by atoms with Crippen LogP contribution in [0.4, 0.5) is 14.5 Å². The maximum Gasteiger partial charge on any atom is 0.387 e. The number of methoxy groups -OCH3 is 1. The molecule has 0 saturated heterocycles. The first-order valence-corrected chi connectivity index (χ1v) is 7.87. The lowest BCUT2D eigenvalue weighted by Crippen LogP contribution is -2.48. The Hall–Kier alpha value is -2.96. The van der Waals surface area contributed by atoms with Gasteiger partial charge in [-0.25, -0.2) is 0 Å². The lowest BCUT2D eigenvalue weighted by Gasteiger charge is -2.31. The van der Waals surface area contributed by atoms with Crippen molar-refractivity contribution in [3.05, 3.63) is 27.8 Å². The SMILES string of the molecule is COc1cc(C(=O)NC2(C#N)CCCCC2)c([N+](=O)[O-])cc1OC(F)F. The third-order valence-corrected chi connectivity index (χ3v) is 4.21. The minimum Gasteiger partial charge on any atom is -0.493 e. The van der Waals surface area contributed by atoms with Crippen molar-refractivity contribution in [1.82, 2.24) is 5.32 Å². The quantitative estimate of drug-likeness (QED) is 0.608. The molecule has 0 bridgehead atoms. The Balaban J connectivity index is 2.41. The molecule has 0 aromatic heterocycles. The molecule has 140 valence electrons. The molecule has 0 aliphatic heterocycles. The van der Waals surface area contributed by atoms with E-state index in [1.54, 1.807) is 0 Å². The average molecular weight is 369 g/mol. The largest absolute Gasteiger partial charge is 0.493 e. The Labute approximate surface area is 147 Å². The molecule has 2 rings (SSSR count). The highest BCUT2D eigenvalue weighted by molar-refractivity contribution is 5.99. The van der Waals surface area contributed by atoms with Crippen molar-refractivity contribution >= 4 is 11.6 Å². The number of nitrogens with one attached hydrogen (secondary N) is 1. The molecular weight excluding hydrogens is 352 g/mol. The zero-order valence-corrected chi connectivity index (χ0v) is 14.0. The third kappa shape index (κ3) is 4.17. The Morgan fingerprint density at radius 3 is 2.50 bits per heavy atom. The molecular formula is C16H17F2N3O5. The van der Waals surface area contributed by atoms with E-state index in [4.69, 9.17) is 4.74 Å². The van der Waals surface area contributed by atoms with E-state index in [1.807, 2.05) is 0 Å². The fraction of sp³-hybridized carbons (Fsp3) is 0.500. The number of hydrogen-bond acceptors (Lipinski definition) is 6. The third-order valence-electron chi connectivity index (χ3n) is 4.21. The smallest absolute Gasteiger partial charge is 0.387 e. The van der Waals surface area contributed by atoms with Gasteiger partial charge < -0.3 is 14.8 Å². The number of nitro benzene ring substituents is 1. The van der Waals surface area contributed by atoms with Crippen LogP contribution in [0.3, 0.4) is 0 Å². The second-order valence-corrected chi connectivity index (χ2v) is 5.86. The molecule has 0 spiro atoms. The van der Waals surface area contributed by atoms with Crippen LogP contribution in [-0.2, 0) is 0 Å². The number of alkyl halides is 2. The summed E-state index contributed by atoms with van der Waals surface area (Å²) < 4.78 is 34.0. The summed E-state index contributed by atoms with van der Waals surface area (Å²) in [7, 11) is 1.15. The first-order chi connectivity index (χ1) is 12.3. The molecule has 1 aromatic carbocycles. The van der Waals surface area contributed by atoms with E-state index in [9.17, 15) is 29.0 Å². The van der Waals surface area contributed by atoms with Crippen LogP contribution in [0, 0.1) is 21.4 Å². The number of rotatable bonds is 6. The topological polar surface area (TPSA) is 114 Å². The summed E-state index contributed by atoms with van der Waals surface area (Å²) in [5.41, 5.74) is -2.22. The van der Waals surface area contributed by atoms with Gasteiger partial charge in [-0.2, -0.15) is 14.0 Å². The second kappa shape index (κ2) is 7.95. The summed E-state index contributed by atoms with van der Waals surface area (Å²) in [6.07, 6.45) is 3.31. The standard InChI is InChI=1S/C16H17F2N3O5/c1-25-12-7-10(11(21(23)24)8-13(12)26-15(17)18)14(22)20-16(9-19)5-3-2-4-6-16/h7-8,15H,2-6H2,1H3,(H,20,22). The van der Waals surface area contributed by atoms with Gasteiger partial charge in [0.25, 0.3) is 11.6 Å². The maximum absolute atomic E-state index is 12.6. The van der Waals surface area contributed by atoms with Crippen molar-refractivity contribution in [3.8, 4) is 17.6 Å². The molecule has 1 amide bonds. The van der Waals surface area contributed by atoms with Crippen LogP contribution in [-0.4, -0.2) is 30.1 Å². The molecule has 1 aliphatic carbocycles. The number of nitriles is 1. The fourth-order valence-electron chi connectivity index (χ4n) is 2.93. The Bertz CT molecular complexity index is 742. The van der Waals surface area contributed by atoms with Gasteiger partial charge in [-0.05, 0) is 12.8 Å². The molecule has 10 heteroatoms. The minimum absolute atomic E-state index is 0.254. The molecule has 0 heterocycles. The predicted octanol–water partition coefficient (Wildman–Crippen LogP) is 3.16. The highest BCUT2D eigenvalue weighted by Crippen LogP contribution is 2.36. The number of carbonyl (C=O) groups is 1. The molecule has 0 unspecified atom stereocenters. The number of nitrogens with zero attached hydrogens (tertiary/aromatic N) is 2. The van der Waals surface area contributed by atoms with Gasteiger partial charge in [0.05, 0.1) is 24.2 Å². The zero-order valence-electron chi connectivity index (χ0n) is 14.0.